The van der Waals surface area contributed by atoms with Crippen molar-refractivity contribution >= 4 is 39.3 Å². The number of rotatable bonds is 5. The third-order valence-corrected chi connectivity index (χ3v) is 5.59. The zero-order valence-electron chi connectivity index (χ0n) is 16.3. The summed E-state index contributed by atoms with van der Waals surface area (Å²) < 4.78 is 15.9. The predicted molar refractivity (Wildman–Crippen MR) is 105 cm³/mol. The molecule has 3 aromatic heterocycles. The van der Waals surface area contributed by atoms with E-state index in [4.69, 9.17) is 19.6 Å². The van der Waals surface area contributed by atoms with Crippen molar-refractivity contribution in [2.24, 2.45) is 0 Å². The van der Waals surface area contributed by atoms with Gasteiger partial charge >= 0.3 is 11.9 Å². The number of ether oxygens (including phenoxy) is 2. The van der Waals surface area contributed by atoms with Crippen molar-refractivity contribution in [1.82, 2.24) is 9.97 Å². The average Bonchev–Trinajstić information content (AvgIpc) is 3.09. The summed E-state index contributed by atoms with van der Waals surface area (Å²) in [4.78, 5) is 34.1. The van der Waals surface area contributed by atoms with Crippen LogP contribution in [-0.2, 0) is 16.1 Å². The molecule has 0 amide bonds. The van der Waals surface area contributed by atoms with Crippen LogP contribution in [0.3, 0.4) is 0 Å². The molecule has 0 aliphatic rings. The highest BCUT2D eigenvalue weighted by molar-refractivity contribution is 7.20. The highest BCUT2D eigenvalue weighted by Gasteiger charge is 2.22. The normalized spacial score (nSPS) is 11.0. The Labute approximate surface area is 165 Å². The van der Waals surface area contributed by atoms with Gasteiger partial charge in [-0.1, -0.05) is 0 Å². The molecule has 3 aromatic rings. The van der Waals surface area contributed by atoms with Crippen LogP contribution < -0.4 is 5.73 Å². The molecule has 0 radical (unpaired) electrons. The second kappa shape index (κ2) is 7.59. The number of hydrogen-bond acceptors (Lipinski definition) is 9. The van der Waals surface area contributed by atoms with Crippen molar-refractivity contribution in [2.75, 3.05) is 12.3 Å². The number of carbonyl (C=O) groups excluding carboxylic acids is 2. The summed E-state index contributed by atoms with van der Waals surface area (Å²) in [6.45, 7) is 8.95. The molecule has 0 saturated heterocycles. The van der Waals surface area contributed by atoms with E-state index in [2.05, 4.69) is 9.97 Å². The van der Waals surface area contributed by atoms with Crippen LogP contribution in [0.2, 0.25) is 0 Å². The molecule has 28 heavy (non-hydrogen) atoms. The summed E-state index contributed by atoms with van der Waals surface area (Å²) in [5.41, 5.74) is 7.89. The summed E-state index contributed by atoms with van der Waals surface area (Å²) >= 11 is 1.18. The van der Waals surface area contributed by atoms with Crippen LogP contribution >= 0.6 is 11.3 Å². The zero-order valence-corrected chi connectivity index (χ0v) is 17.2. The Balaban J connectivity index is 1.86. The molecule has 3 heterocycles. The van der Waals surface area contributed by atoms with Gasteiger partial charge in [-0.3, -0.25) is 0 Å². The van der Waals surface area contributed by atoms with Crippen LogP contribution in [0.25, 0.3) is 10.2 Å². The third-order valence-electron chi connectivity index (χ3n) is 4.42. The van der Waals surface area contributed by atoms with Gasteiger partial charge in [-0.05, 0) is 40.2 Å². The first-order valence-corrected chi connectivity index (χ1v) is 9.52. The number of aromatic nitrogens is 2. The number of nitrogens with zero attached hydrogens (tertiary/aromatic N) is 2. The SMILES string of the molecule is CCOC(=O)c1sc2nc(COC(=O)c3c(C)oc(C)c3C)nc(N)c2c1C. The van der Waals surface area contributed by atoms with Gasteiger partial charge in [0.05, 0.1) is 12.0 Å². The van der Waals surface area contributed by atoms with Crippen molar-refractivity contribution in [2.45, 2.75) is 41.2 Å². The number of fused-ring (bicyclic) bond motifs is 1. The van der Waals surface area contributed by atoms with Crippen molar-refractivity contribution < 1.29 is 23.5 Å². The van der Waals surface area contributed by atoms with E-state index in [1.165, 1.54) is 11.3 Å². The van der Waals surface area contributed by atoms with Crippen LogP contribution in [0, 0.1) is 27.7 Å². The smallest absolute Gasteiger partial charge is 0.348 e. The quantitative estimate of drug-likeness (QED) is 0.642. The van der Waals surface area contributed by atoms with E-state index in [1.807, 2.05) is 0 Å². The molecule has 0 atom stereocenters. The summed E-state index contributed by atoms with van der Waals surface area (Å²) in [6.07, 6.45) is 0. The number of thiophene rings is 1. The van der Waals surface area contributed by atoms with Gasteiger partial charge in [0.25, 0.3) is 0 Å². The lowest BCUT2D eigenvalue weighted by Crippen LogP contribution is -2.10. The van der Waals surface area contributed by atoms with E-state index in [9.17, 15) is 9.59 Å². The standard InChI is InChI=1S/C19H21N3O5S/c1-6-25-19(24)15-9(3)14-16(20)21-12(22-17(14)28-15)7-26-18(23)13-8(2)10(4)27-11(13)5/h6-7H2,1-5H3,(H2,20,21,22). The molecule has 8 nitrogen and oxygen atoms in total. The Morgan fingerprint density at radius 1 is 1.04 bits per heavy atom. The molecule has 0 aliphatic heterocycles. The van der Waals surface area contributed by atoms with Crippen LogP contribution in [0.5, 0.6) is 0 Å². The second-order valence-electron chi connectivity index (χ2n) is 6.27. The Kier molecular flexibility index (Phi) is 5.37. The number of hydrogen-bond donors (Lipinski definition) is 1. The average molecular weight is 403 g/mol. The molecule has 0 saturated carbocycles. The summed E-state index contributed by atoms with van der Waals surface area (Å²) in [5.74, 6) is 0.730. The van der Waals surface area contributed by atoms with Gasteiger partial charge in [0.1, 0.15) is 32.6 Å². The van der Waals surface area contributed by atoms with Crippen LogP contribution in [0.15, 0.2) is 4.42 Å². The largest absolute Gasteiger partial charge is 0.465 e. The van der Waals surface area contributed by atoms with Crippen LogP contribution in [-0.4, -0.2) is 28.5 Å². The topological polar surface area (TPSA) is 118 Å². The summed E-state index contributed by atoms with van der Waals surface area (Å²) in [5, 5.41) is 0.611. The lowest BCUT2D eigenvalue weighted by Gasteiger charge is -2.06. The first-order chi connectivity index (χ1) is 13.2. The van der Waals surface area contributed by atoms with Gasteiger partial charge in [-0.2, -0.15) is 0 Å². The number of nitrogens with two attached hydrogens (primary N) is 1. The minimum Gasteiger partial charge on any atom is -0.465 e. The molecule has 0 unspecified atom stereocenters. The predicted octanol–water partition coefficient (Wildman–Crippen LogP) is 3.63. The molecule has 3 rings (SSSR count). The minimum absolute atomic E-state index is 0.145. The fraction of sp³-hybridized carbons (Fsp3) is 0.368. The number of carbonyl (C=O) groups is 2. The molecule has 0 aliphatic carbocycles. The molecule has 148 valence electrons. The number of anilines is 1. The van der Waals surface area contributed by atoms with Crippen LogP contribution in [0.4, 0.5) is 5.82 Å². The van der Waals surface area contributed by atoms with E-state index in [1.54, 1.807) is 34.6 Å². The molecule has 0 fully saturated rings. The van der Waals surface area contributed by atoms with E-state index in [-0.39, 0.29) is 24.9 Å². The molecule has 9 heteroatoms. The molecule has 0 aromatic carbocycles. The second-order valence-corrected chi connectivity index (χ2v) is 7.27. The van der Waals surface area contributed by atoms with Gasteiger partial charge in [0.2, 0.25) is 0 Å². The number of esters is 2. The van der Waals surface area contributed by atoms with E-state index in [0.717, 1.165) is 5.56 Å². The minimum atomic E-state index is -0.510. The van der Waals surface area contributed by atoms with E-state index < -0.39 is 11.9 Å². The van der Waals surface area contributed by atoms with Gasteiger partial charge in [0.15, 0.2) is 12.4 Å². The zero-order chi connectivity index (χ0) is 20.6. The molecule has 0 spiro atoms. The maximum absolute atomic E-state index is 12.4. The first-order valence-electron chi connectivity index (χ1n) is 8.70. The summed E-state index contributed by atoms with van der Waals surface area (Å²) in [7, 11) is 0. The van der Waals surface area contributed by atoms with Crippen LogP contribution in [0.1, 0.15) is 55.4 Å². The molecule has 0 bridgehead atoms. The Hall–Kier alpha value is -2.94. The number of furan rings is 1. The fourth-order valence-corrected chi connectivity index (χ4v) is 4.07. The monoisotopic (exact) mass is 403 g/mol. The van der Waals surface area contributed by atoms with Gasteiger partial charge in [-0.15, -0.1) is 11.3 Å². The number of nitrogen functional groups attached to an aromatic ring is 1. The number of aryl methyl sites for hydroxylation is 3. The Morgan fingerprint density at radius 3 is 2.36 bits per heavy atom. The lowest BCUT2D eigenvalue weighted by atomic mass is 10.1. The fourth-order valence-electron chi connectivity index (χ4n) is 2.97. The lowest BCUT2D eigenvalue weighted by molar-refractivity contribution is 0.0459. The van der Waals surface area contributed by atoms with Gasteiger partial charge < -0.3 is 19.6 Å². The van der Waals surface area contributed by atoms with E-state index in [0.29, 0.717) is 37.7 Å². The van der Waals surface area contributed by atoms with Gasteiger partial charge in [-0.25, -0.2) is 19.6 Å². The third kappa shape index (κ3) is 3.45. The summed E-state index contributed by atoms with van der Waals surface area (Å²) in [6, 6.07) is 0. The highest BCUT2D eigenvalue weighted by atomic mass is 32.1. The maximum Gasteiger partial charge on any atom is 0.348 e. The van der Waals surface area contributed by atoms with Crippen molar-refractivity contribution in [3.05, 3.63) is 38.9 Å². The molecule has 2 N–H and O–H groups in total. The maximum atomic E-state index is 12.4. The molecular formula is C19H21N3O5S. The molecular weight excluding hydrogens is 382 g/mol. The van der Waals surface area contributed by atoms with Crippen molar-refractivity contribution in [1.29, 1.82) is 0 Å². The van der Waals surface area contributed by atoms with Crippen molar-refractivity contribution in [3.63, 3.8) is 0 Å². The Morgan fingerprint density at radius 2 is 1.75 bits per heavy atom. The Bertz CT molecular complexity index is 1080. The van der Waals surface area contributed by atoms with E-state index >= 15 is 0 Å². The van der Waals surface area contributed by atoms with Gasteiger partial charge in [0, 0.05) is 5.56 Å². The van der Waals surface area contributed by atoms with Crippen molar-refractivity contribution in [3.8, 4) is 0 Å². The first kappa shape index (κ1) is 19.8. The highest BCUT2D eigenvalue weighted by Crippen LogP contribution is 2.33.